The second-order valence-corrected chi connectivity index (χ2v) is 7.71. The fourth-order valence-corrected chi connectivity index (χ4v) is 3.76. The molecule has 8 heteroatoms. The van der Waals surface area contributed by atoms with Crippen molar-refractivity contribution in [1.82, 2.24) is 15.8 Å². The van der Waals surface area contributed by atoms with Gasteiger partial charge in [-0.05, 0) is 43.3 Å². The first kappa shape index (κ1) is 18.9. The molecule has 3 N–H and O–H groups in total. The number of carbonyl (C=O) groups excluding carboxylic acids is 2. The van der Waals surface area contributed by atoms with Crippen molar-refractivity contribution in [1.29, 1.82) is 0 Å². The van der Waals surface area contributed by atoms with Crippen LogP contribution in [0.4, 0.5) is 0 Å². The molecule has 0 saturated carbocycles. The van der Waals surface area contributed by atoms with Crippen molar-refractivity contribution in [3.63, 3.8) is 0 Å². The number of rotatable bonds is 5. The lowest BCUT2D eigenvalue weighted by molar-refractivity contribution is 0.0845. The number of hydrazine groups is 1. The summed E-state index contributed by atoms with van der Waals surface area (Å²) < 4.78 is 0. The minimum Gasteiger partial charge on any atom is -0.507 e. The number of nitrogens with one attached hydrogen (secondary N) is 2. The number of para-hydroxylation sites is 1. The summed E-state index contributed by atoms with van der Waals surface area (Å²) in [7, 11) is 0. The van der Waals surface area contributed by atoms with E-state index in [2.05, 4.69) is 15.8 Å². The number of thioether (sulfide) groups is 1. The van der Waals surface area contributed by atoms with Gasteiger partial charge in [-0.25, -0.2) is 4.98 Å². The van der Waals surface area contributed by atoms with Crippen molar-refractivity contribution in [2.24, 2.45) is 0 Å². The number of amides is 2. The van der Waals surface area contributed by atoms with Crippen molar-refractivity contribution in [2.75, 3.05) is 0 Å². The highest BCUT2D eigenvalue weighted by Crippen LogP contribution is 2.23. The molecule has 0 aliphatic heterocycles. The van der Waals surface area contributed by atoms with Gasteiger partial charge in [0.15, 0.2) is 0 Å². The predicted molar refractivity (Wildman–Crippen MR) is 106 cm³/mol. The number of carbonyl (C=O) groups is 2. The van der Waals surface area contributed by atoms with E-state index in [0.29, 0.717) is 5.56 Å². The van der Waals surface area contributed by atoms with Gasteiger partial charge in [0, 0.05) is 21.6 Å². The third kappa shape index (κ3) is 5.08. The number of phenolic OH excluding ortho intramolecular Hbond substituents is 1. The van der Waals surface area contributed by atoms with Crippen molar-refractivity contribution in [3.8, 4) is 5.75 Å². The average molecular weight is 399 g/mol. The predicted octanol–water partition coefficient (Wildman–Crippen LogP) is 3.52. The van der Waals surface area contributed by atoms with Gasteiger partial charge in [0.2, 0.25) is 0 Å². The Hall–Kier alpha value is -2.84. The van der Waals surface area contributed by atoms with E-state index in [9.17, 15) is 14.7 Å². The Labute approximate surface area is 164 Å². The number of phenols is 1. The molecule has 0 bridgehead atoms. The van der Waals surface area contributed by atoms with Crippen LogP contribution in [0.3, 0.4) is 0 Å². The van der Waals surface area contributed by atoms with Crippen LogP contribution in [0.25, 0.3) is 0 Å². The molecule has 3 aromatic rings. The molecule has 0 saturated heterocycles. The molecular weight excluding hydrogens is 382 g/mol. The standard InChI is InChI=1S/C19H17N3O3S2/c1-12-20-14(10-26-12)11-27-15-8-6-13(7-9-15)18(24)21-22-19(25)16-4-2-3-5-17(16)23/h2-10,23H,11H2,1H3,(H,21,24)(H,22,25). The highest BCUT2D eigenvalue weighted by atomic mass is 32.2. The number of aryl methyl sites for hydroxylation is 1. The molecule has 0 aliphatic rings. The lowest BCUT2D eigenvalue weighted by Gasteiger charge is -2.09. The van der Waals surface area contributed by atoms with Gasteiger partial charge in [0.1, 0.15) is 5.75 Å². The van der Waals surface area contributed by atoms with E-state index >= 15 is 0 Å². The Kier molecular flexibility index (Phi) is 6.10. The summed E-state index contributed by atoms with van der Waals surface area (Å²) >= 11 is 3.26. The maximum absolute atomic E-state index is 12.2. The van der Waals surface area contributed by atoms with Crippen LogP contribution in [0.1, 0.15) is 31.4 Å². The van der Waals surface area contributed by atoms with Crippen molar-refractivity contribution in [3.05, 3.63) is 75.7 Å². The summed E-state index contributed by atoms with van der Waals surface area (Å²) in [6.07, 6.45) is 0. The highest BCUT2D eigenvalue weighted by Gasteiger charge is 2.12. The van der Waals surface area contributed by atoms with Gasteiger partial charge in [-0.3, -0.25) is 20.4 Å². The molecule has 0 aliphatic carbocycles. The van der Waals surface area contributed by atoms with E-state index in [0.717, 1.165) is 21.3 Å². The third-order valence-corrected chi connectivity index (χ3v) is 5.48. The highest BCUT2D eigenvalue weighted by molar-refractivity contribution is 7.98. The minimum atomic E-state index is -0.591. The van der Waals surface area contributed by atoms with Crippen LogP contribution >= 0.6 is 23.1 Å². The zero-order valence-electron chi connectivity index (χ0n) is 14.4. The molecule has 1 aromatic heterocycles. The largest absolute Gasteiger partial charge is 0.507 e. The Balaban J connectivity index is 1.52. The Morgan fingerprint density at radius 2 is 1.78 bits per heavy atom. The molecule has 2 amide bonds. The fraction of sp³-hybridized carbons (Fsp3) is 0.105. The van der Waals surface area contributed by atoms with Crippen molar-refractivity contribution >= 4 is 34.9 Å². The van der Waals surface area contributed by atoms with E-state index in [4.69, 9.17) is 0 Å². The summed E-state index contributed by atoms with van der Waals surface area (Å²) in [6, 6.07) is 13.2. The molecule has 1 heterocycles. The topological polar surface area (TPSA) is 91.3 Å². The van der Waals surface area contributed by atoms with E-state index in [1.165, 1.54) is 12.1 Å². The number of benzene rings is 2. The first-order valence-electron chi connectivity index (χ1n) is 8.05. The fourth-order valence-electron chi connectivity index (χ4n) is 2.25. The zero-order chi connectivity index (χ0) is 19.2. The lowest BCUT2D eigenvalue weighted by Crippen LogP contribution is -2.41. The van der Waals surface area contributed by atoms with Gasteiger partial charge in [0.05, 0.1) is 16.3 Å². The van der Waals surface area contributed by atoms with E-state index in [1.807, 2.05) is 24.4 Å². The van der Waals surface area contributed by atoms with Crippen molar-refractivity contribution < 1.29 is 14.7 Å². The number of aromatic hydroxyl groups is 1. The Morgan fingerprint density at radius 3 is 2.44 bits per heavy atom. The summed E-state index contributed by atoms with van der Waals surface area (Å²) in [6.45, 7) is 1.98. The molecule has 0 radical (unpaired) electrons. The average Bonchev–Trinajstić information content (AvgIpc) is 3.10. The molecule has 3 rings (SSSR count). The quantitative estimate of drug-likeness (QED) is 0.451. The van der Waals surface area contributed by atoms with Crippen molar-refractivity contribution in [2.45, 2.75) is 17.6 Å². The first-order chi connectivity index (χ1) is 13.0. The minimum absolute atomic E-state index is 0.0850. The lowest BCUT2D eigenvalue weighted by atomic mass is 10.2. The van der Waals surface area contributed by atoms with Gasteiger partial charge in [-0.15, -0.1) is 23.1 Å². The number of nitrogens with zero attached hydrogens (tertiary/aromatic N) is 1. The molecule has 0 unspecified atom stereocenters. The van der Waals surface area contributed by atoms with Crippen LogP contribution in [0, 0.1) is 6.92 Å². The molecule has 0 spiro atoms. The number of hydrogen-bond acceptors (Lipinski definition) is 6. The number of hydrogen-bond donors (Lipinski definition) is 3. The summed E-state index contributed by atoms with van der Waals surface area (Å²) in [4.78, 5) is 29.6. The summed E-state index contributed by atoms with van der Waals surface area (Å²) in [5.41, 5.74) is 6.17. The third-order valence-electron chi connectivity index (χ3n) is 3.61. The van der Waals surface area contributed by atoms with E-state index in [1.54, 1.807) is 47.4 Å². The van der Waals surface area contributed by atoms with Gasteiger partial charge >= 0.3 is 0 Å². The molecule has 27 heavy (non-hydrogen) atoms. The Bertz CT molecular complexity index is 955. The molecule has 138 valence electrons. The van der Waals surface area contributed by atoms with Crippen LogP contribution in [-0.4, -0.2) is 21.9 Å². The van der Waals surface area contributed by atoms with E-state index in [-0.39, 0.29) is 11.3 Å². The number of thiazole rings is 1. The Morgan fingerprint density at radius 1 is 1.07 bits per heavy atom. The first-order valence-corrected chi connectivity index (χ1v) is 9.92. The van der Waals surface area contributed by atoms with Crippen LogP contribution in [0.2, 0.25) is 0 Å². The van der Waals surface area contributed by atoms with Gasteiger partial charge in [-0.1, -0.05) is 12.1 Å². The van der Waals surface area contributed by atoms with Crippen LogP contribution in [-0.2, 0) is 5.75 Å². The monoisotopic (exact) mass is 399 g/mol. The smallest absolute Gasteiger partial charge is 0.273 e. The second kappa shape index (κ2) is 8.70. The molecule has 0 fully saturated rings. The van der Waals surface area contributed by atoms with Crippen LogP contribution in [0.5, 0.6) is 5.75 Å². The summed E-state index contributed by atoms with van der Waals surface area (Å²) in [5, 5.41) is 12.7. The van der Waals surface area contributed by atoms with Gasteiger partial charge < -0.3 is 5.11 Å². The summed E-state index contributed by atoms with van der Waals surface area (Å²) in [5.74, 6) is -0.412. The molecule has 0 atom stereocenters. The molecular formula is C19H17N3O3S2. The normalized spacial score (nSPS) is 10.4. The van der Waals surface area contributed by atoms with Crippen LogP contribution < -0.4 is 10.9 Å². The van der Waals surface area contributed by atoms with E-state index < -0.39 is 11.8 Å². The van der Waals surface area contributed by atoms with Gasteiger partial charge in [-0.2, -0.15) is 0 Å². The SMILES string of the molecule is Cc1nc(CSc2ccc(C(=O)NNC(=O)c3ccccc3O)cc2)cs1. The second-order valence-electron chi connectivity index (χ2n) is 5.60. The maximum atomic E-state index is 12.2. The maximum Gasteiger partial charge on any atom is 0.273 e. The number of aromatic nitrogens is 1. The van der Waals surface area contributed by atoms with Crippen LogP contribution in [0.15, 0.2) is 58.8 Å². The van der Waals surface area contributed by atoms with Gasteiger partial charge in [0.25, 0.3) is 11.8 Å². The zero-order valence-corrected chi connectivity index (χ0v) is 16.1. The molecule has 6 nitrogen and oxygen atoms in total. The molecule has 2 aromatic carbocycles.